The van der Waals surface area contributed by atoms with Crippen LogP contribution in [0.25, 0.3) is 28.2 Å². The summed E-state index contributed by atoms with van der Waals surface area (Å²) < 4.78 is 94.8. The molecule has 1 aliphatic rings. The van der Waals surface area contributed by atoms with Gasteiger partial charge in [-0.25, -0.2) is 24.5 Å². The van der Waals surface area contributed by atoms with Crippen LogP contribution in [0.4, 0.5) is 31.1 Å². The van der Waals surface area contributed by atoms with Gasteiger partial charge in [0, 0.05) is 29.7 Å². The minimum atomic E-state index is -5.09. The summed E-state index contributed by atoms with van der Waals surface area (Å²) in [6.45, 7) is 4.65. The number of amides is 1. The summed E-state index contributed by atoms with van der Waals surface area (Å²) in [5.74, 6) is 0.0235. The number of rotatable bonds is 8. The lowest BCUT2D eigenvalue weighted by atomic mass is 9.94. The van der Waals surface area contributed by atoms with Crippen LogP contribution < -0.4 is 4.74 Å². The lowest BCUT2D eigenvalue weighted by molar-refractivity contribution is -0.143. The smallest absolute Gasteiger partial charge is 0.416 e. The van der Waals surface area contributed by atoms with Crippen LogP contribution in [-0.2, 0) is 23.6 Å². The second-order valence-electron chi connectivity index (χ2n) is 12.1. The number of halogens is 6. The van der Waals surface area contributed by atoms with Crippen molar-refractivity contribution in [1.29, 1.82) is 0 Å². The molecule has 5 aromatic rings. The summed E-state index contributed by atoms with van der Waals surface area (Å²) in [5.41, 5.74) is -0.211. The second-order valence-corrected chi connectivity index (χ2v) is 12.1. The van der Waals surface area contributed by atoms with E-state index in [0.29, 0.717) is 46.0 Å². The molecule has 270 valence electrons. The molecule has 2 aromatic heterocycles. The highest BCUT2D eigenvalue weighted by Crippen LogP contribution is 2.42. The molecule has 1 aliphatic heterocycles. The first-order valence-electron chi connectivity index (χ1n) is 15.6. The minimum absolute atomic E-state index is 0.0129. The number of carboxylic acids is 1. The van der Waals surface area contributed by atoms with Crippen LogP contribution in [-0.4, -0.2) is 54.7 Å². The van der Waals surface area contributed by atoms with Gasteiger partial charge in [-0.1, -0.05) is 12.1 Å². The second kappa shape index (κ2) is 13.3. The van der Waals surface area contributed by atoms with Crippen molar-refractivity contribution >= 4 is 12.1 Å². The number of alkyl halides is 6. The molecule has 3 heterocycles. The zero-order chi connectivity index (χ0) is 37.7. The van der Waals surface area contributed by atoms with Crippen molar-refractivity contribution in [3.63, 3.8) is 0 Å². The lowest BCUT2D eigenvalue weighted by Crippen LogP contribution is -2.32. The van der Waals surface area contributed by atoms with E-state index in [1.807, 2.05) is 0 Å². The Labute approximate surface area is 292 Å². The minimum Gasteiger partial charge on any atom is -0.496 e. The standard InChI is InChI=1S/C36H29F6N5O5/c1-18-11-22(32(48)49)5-7-26(18)21-6-8-30(51-4)27(14-21)28-16-44-33(46-10-9-43-20(46)3)45-29(28)17-47-19(2)31(52-34(47)50)23-12-24(35(37,38)39)15-25(13-23)36(40,41)42/h5-16,19,31H,17H2,1-4H3,(H,48,49). The monoisotopic (exact) mass is 725 g/mol. The number of methoxy groups -OCH3 is 1. The average Bonchev–Trinajstić information content (AvgIpc) is 3.64. The van der Waals surface area contributed by atoms with Crippen molar-refractivity contribution in [2.75, 3.05) is 7.11 Å². The van der Waals surface area contributed by atoms with Crippen LogP contribution >= 0.6 is 0 Å². The summed E-state index contributed by atoms with van der Waals surface area (Å²) in [6, 6.07) is 10.0. The molecular formula is C36H29F6N5O5. The van der Waals surface area contributed by atoms with Gasteiger partial charge < -0.3 is 14.6 Å². The van der Waals surface area contributed by atoms with Gasteiger partial charge in [-0.15, -0.1) is 0 Å². The maximum absolute atomic E-state index is 13.7. The molecule has 0 saturated carbocycles. The Morgan fingerprint density at radius 2 is 1.62 bits per heavy atom. The summed E-state index contributed by atoms with van der Waals surface area (Å²) in [4.78, 5) is 39.5. The number of aryl methyl sites for hydroxylation is 2. The van der Waals surface area contributed by atoms with E-state index in [2.05, 4.69) is 9.97 Å². The molecule has 0 aliphatic carbocycles. The fourth-order valence-corrected chi connectivity index (χ4v) is 6.13. The molecule has 2 atom stereocenters. The van der Waals surface area contributed by atoms with Gasteiger partial charge in [-0.3, -0.25) is 9.47 Å². The van der Waals surface area contributed by atoms with Crippen molar-refractivity contribution in [3.05, 3.63) is 113 Å². The van der Waals surface area contributed by atoms with E-state index in [0.717, 1.165) is 5.56 Å². The Kier molecular flexibility index (Phi) is 9.19. The highest BCUT2D eigenvalue weighted by atomic mass is 19.4. The fourth-order valence-electron chi connectivity index (χ4n) is 6.13. The molecule has 3 aromatic carbocycles. The Morgan fingerprint density at radius 3 is 2.19 bits per heavy atom. The van der Waals surface area contributed by atoms with Crippen LogP contribution in [0.15, 0.2) is 73.2 Å². The maximum Gasteiger partial charge on any atom is 0.416 e. The number of ether oxygens (including phenoxy) is 2. The number of carboxylic acid groups (broad SMARTS) is 1. The van der Waals surface area contributed by atoms with E-state index in [9.17, 15) is 41.0 Å². The highest BCUT2D eigenvalue weighted by Gasteiger charge is 2.43. The maximum atomic E-state index is 13.7. The number of hydrogen-bond donors (Lipinski definition) is 1. The zero-order valence-corrected chi connectivity index (χ0v) is 27.9. The molecule has 1 fully saturated rings. The number of aromatic nitrogens is 4. The van der Waals surface area contributed by atoms with Gasteiger partial charge in [0.2, 0.25) is 5.95 Å². The molecule has 52 heavy (non-hydrogen) atoms. The van der Waals surface area contributed by atoms with Gasteiger partial charge in [0.1, 0.15) is 17.7 Å². The number of hydrogen-bond acceptors (Lipinski definition) is 7. The van der Waals surface area contributed by atoms with Crippen molar-refractivity contribution in [2.24, 2.45) is 0 Å². The van der Waals surface area contributed by atoms with Gasteiger partial charge in [-0.05, 0) is 85.5 Å². The summed E-state index contributed by atoms with van der Waals surface area (Å²) in [5, 5.41) is 9.43. The van der Waals surface area contributed by atoms with Crippen molar-refractivity contribution in [3.8, 4) is 34.0 Å². The number of nitrogens with zero attached hydrogens (tertiary/aromatic N) is 5. The molecule has 0 radical (unpaired) electrons. The van der Waals surface area contributed by atoms with Crippen LogP contribution in [0.5, 0.6) is 5.75 Å². The van der Waals surface area contributed by atoms with E-state index in [4.69, 9.17) is 14.5 Å². The molecule has 2 unspecified atom stereocenters. The number of aromatic carboxylic acids is 1. The molecule has 1 N–H and O–H groups in total. The Hall–Kier alpha value is -5.93. The highest BCUT2D eigenvalue weighted by molar-refractivity contribution is 5.89. The molecule has 1 amide bonds. The number of benzene rings is 3. The van der Waals surface area contributed by atoms with Crippen LogP contribution in [0.1, 0.15) is 57.2 Å². The zero-order valence-electron chi connectivity index (χ0n) is 27.9. The first-order valence-corrected chi connectivity index (χ1v) is 15.6. The molecule has 16 heteroatoms. The summed E-state index contributed by atoms with van der Waals surface area (Å²) in [7, 11) is 1.45. The van der Waals surface area contributed by atoms with Gasteiger partial charge in [0.25, 0.3) is 0 Å². The molecule has 1 saturated heterocycles. The first-order chi connectivity index (χ1) is 24.5. The number of carbonyl (C=O) groups excluding carboxylic acids is 1. The predicted octanol–water partition coefficient (Wildman–Crippen LogP) is 8.44. The van der Waals surface area contributed by atoms with Crippen molar-refractivity contribution in [2.45, 2.75) is 51.8 Å². The molecule has 0 bridgehead atoms. The third kappa shape index (κ3) is 6.87. The van der Waals surface area contributed by atoms with Gasteiger partial charge in [0.15, 0.2) is 0 Å². The van der Waals surface area contributed by atoms with Gasteiger partial charge in [-0.2, -0.15) is 26.3 Å². The molecule has 10 nitrogen and oxygen atoms in total. The molecule has 0 spiro atoms. The van der Waals surface area contributed by atoms with Crippen LogP contribution in [0.3, 0.4) is 0 Å². The molecular weight excluding hydrogens is 696 g/mol. The lowest BCUT2D eigenvalue weighted by Gasteiger charge is -2.23. The van der Waals surface area contributed by atoms with E-state index in [1.165, 1.54) is 43.5 Å². The Morgan fingerprint density at radius 1 is 0.923 bits per heavy atom. The average molecular weight is 726 g/mol. The van der Waals surface area contributed by atoms with Crippen LogP contribution in [0, 0.1) is 13.8 Å². The predicted molar refractivity (Wildman–Crippen MR) is 174 cm³/mol. The summed E-state index contributed by atoms with van der Waals surface area (Å²) >= 11 is 0. The third-order valence-corrected chi connectivity index (χ3v) is 8.82. The first kappa shape index (κ1) is 35.9. The summed E-state index contributed by atoms with van der Waals surface area (Å²) in [6.07, 6.45) is -7.99. The van der Waals surface area contributed by atoms with Gasteiger partial charge >= 0.3 is 24.4 Å². The van der Waals surface area contributed by atoms with Crippen molar-refractivity contribution < 1.29 is 50.5 Å². The third-order valence-electron chi connectivity index (χ3n) is 8.82. The largest absolute Gasteiger partial charge is 0.496 e. The normalized spacial score (nSPS) is 16.3. The van der Waals surface area contributed by atoms with E-state index in [-0.39, 0.29) is 29.8 Å². The number of cyclic esters (lactones) is 1. The SMILES string of the molecule is COc1ccc(-c2ccc(C(=O)O)cc2C)cc1-c1cnc(-n2ccnc2C)nc1CN1C(=O)OC(c2cc(C(F)(F)F)cc(C(F)(F)F)c2)C1C. The fraction of sp³-hybridized carbons (Fsp3) is 0.250. The Bertz CT molecular complexity index is 2170. The number of carbonyl (C=O) groups is 2. The van der Waals surface area contributed by atoms with E-state index < -0.39 is 53.3 Å². The topological polar surface area (TPSA) is 120 Å². The van der Waals surface area contributed by atoms with E-state index in [1.54, 1.807) is 48.9 Å². The van der Waals surface area contributed by atoms with Crippen LogP contribution in [0.2, 0.25) is 0 Å². The van der Waals surface area contributed by atoms with E-state index >= 15 is 0 Å². The van der Waals surface area contributed by atoms with Crippen molar-refractivity contribution in [1.82, 2.24) is 24.4 Å². The Balaban J connectivity index is 1.45. The van der Waals surface area contributed by atoms with Gasteiger partial charge in [0.05, 0.1) is 42.1 Å². The quantitative estimate of drug-likeness (QED) is 0.158. The molecule has 6 rings (SSSR count). The number of imidazole rings is 1.